The lowest BCUT2D eigenvalue weighted by molar-refractivity contribution is 0.248. The maximum absolute atomic E-state index is 12.8. The molecule has 0 aliphatic rings. The van der Waals surface area contributed by atoms with Gasteiger partial charge in [0.2, 0.25) is 11.8 Å². The van der Waals surface area contributed by atoms with Gasteiger partial charge in [0.05, 0.1) is 10.6 Å². The highest BCUT2D eigenvalue weighted by molar-refractivity contribution is 6.33. The molecule has 2 amide bonds. The molecule has 31 heavy (non-hydrogen) atoms. The molecular weight excluding hydrogens is 412 g/mol. The number of aromatic nitrogens is 2. The highest BCUT2D eigenvalue weighted by atomic mass is 35.5. The number of carbonyl (C=O) groups is 1. The summed E-state index contributed by atoms with van der Waals surface area (Å²) in [4.78, 5) is 12.8. The van der Waals surface area contributed by atoms with Crippen molar-refractivity contribution < 1.29 is 9.21 Å². The molecule has 0 bridgehead atoms. The van der Waals surface area contributed by atoms with E-state index in [1.807, 2.05) is 74.5 Å². The first-order valence-electron chi connectivity index (χ1n) is 9.79. The average molecular weight is 433 g/mol. The highest BCUT2D eigenvalue weighted by Crippen LogP contribution is 2.29. The Kier molecular flexibility index (Phi) is 6.00. The molecule has 6 nitrogen and oxygen atoms in total. The van der Waals surface area contributed by atoms with Crippen molar-refractivity contribution in [1.29, 1.82) is 0 Å². The van der Waals surface area contributed by atoms with Gasteiger partial charge in [-0.05, 0) is 54.8 Å². The van der Waals surface area contributed by atoms with Gasteiger partial charge in [-0.2, -0.15) is 0 Å². The van der Waals surface area contributed by atoms with Gasteiger partial charge in [0.15, 0.2) is 0 Å². The van der Waals surface area contributed by atoms with E-state index in [0.717, 1.165) is 16.7 Å². The molecule has 1 atom stereocenters. The van der Waals surface area contributed by atoms with Crippen LogP contribution in [-0.2, 0) is 0 Å². The van der Waals surface area contributed by atoms with E-state index in [1.165, 1.54) is 0 Å². The third kappa shape index (κ3) is 4.75. The predicted molar refractivity (Wildman–Crippen MR) is 121 cm³/mol. The van der Waals surface area contributed by atoms with Crippen LogP contribution < -0.4 is 10.6 Å². The van der Waals surface area contributed by atoms with E-state index in [2.05, 4.69) is 20.8 Å². The smallest absolute Gasteiger partial charge is 0.320 e. The van der Waals surface area contributed by atoms with Crippen molar-refractivity contribution >= 4 is 23.3 Å². The van der Waals surface area contributed by atoms with Crippen LogP contribution in [0.1, 0.15) is 28.6 Å². The van der Waals surface area contributed by atoms with Crippen molar-refractivity contribution in [2.24, 2.45) is 0 Å². The summed E-state index contributed by atoms with van der Waals surface area (Å²) in [5.74, 6) is 0.550. The number of carbonyl (C=O) groups excluding carboxylic acids is 1. The topological polar surface area (TPSA) is 80.0 Å². The lowest BCUT2D eigenvalue weighted by atomic mass is 10.1. The van der Waals surface area contributed by atoms with Crippen LogP contribution in [-0.4, -0.2) is 16.2 Å². The number of aryl methyl sites for hydroxylation is 2. The first-order chi connectivity index (χ1) is 15.0. The van der Waals surface area contributed by atoms with Crippen LogP contribution in [0.3, 0.4) is 0 Å². The number of benzene rings is 3. The Bertz CT molecular complexity index is 1210. The third-order valence-electron chi connectivity index (χ3n) is 4.96. The molecule has 2 N–H and O–H groups in total. The normalized spacial score (nSPS) is 11.7. The maximum Gasteiger partial charge on any atom is 0.320 e. The van der Waals surface area contributed by atoms with Crippen molar-refractivity contribution in [2.75, 3.05) is 5.32 Å². The van der Waals surface area contributed by atoms with Crippen LogP contribution in [0.25, 0.3) is 11.5 Å². The van der Waals surface area contributed by atoms with E-state index >= 15 is 0 Å². The Balaban J connectivity index is 1.60. The molecule has 0 aliphatic heterocycles. The summed E-state index contributed by atoms with van der Waals surface area (Å²) in [6.45, 7) is 4.02. The van der Waals surface area contributed by atoms with Gasteiger partial charge in [-0.3, -0.25) is 0 Å². The van der Waals surface area contributed by atoms with Crippen LogP contribution in [0.5, 0.6) is 0 Å². The van der Waals surface area contributed by atoms with Gasteiger partial charge in [0.1, 0.15) is 6.04 Å². The average Bonchev–Trinajstić information content (AvgIpc) is 3.25. The number of amides is 2. The van der Waals surface area contributed by atoms with Gasteiger partial charge in [-0.15, -0.1) is 10.2 Å². The number of anilines is 1. The van der Waals surface area contributed by atoms with Crippen molar-refractivity contribution in [3.8, 4) is 11.5 Å². The Morgan fingerprint density at radius 3 is 2.42 bits per heavy atom. The van der Waals surface area contributed by atoms with Gasteiger partial charge in [-0.25, -0.2) is 4.79 Å². The molecule has 4 rings (SSSR count). The molecular formula is C24H21ClN4O2. The van der Waals surface area contributed by atoms with E-state index in [1.54, 1.807) is 12.1 Å². The summed E-state index contributed by atoms with van der Waals surface area (Å²) in [7, 11) is 0. The van der Waals surface area contributed by atoms with Crippen molar-refractivity contribution in [3.63, 3.8) is 0 Å². The number of nitrogens with one attached hydrogen (secondary N) is 2. The lowest BCUT2D eigenvalue weighted by Gasteiger charge is -2.16. The standard InChI is InChI=1S/C24H21ClN4O2/c1-15-12-13-18(14-16(15)2)26-24(30)27-21(17-8-4-3-5-9-17)23-29-28-22(31-23)19-10-6-7-11-20(19)25/h3-14,21H,1-2H3,(H2,26,27,30). The number of urea groups is 1. The molecule has 7 heteroatoms. The minimum Gasteiger partial charge on any atom is -0.418 e. The predicted octanol–water partition coefficient (Wildman–Crippen LogP) is 5.92. The molecule has 3 aromatic carbocycles. The summed E-state index contributed by atoms with van der Waals surface area (Å²) in [5.41, 5.74) is 4.40. The Morgan fingerprint density at radius 1 is 0.935 bits per heavy atom. The third-order valence-corrected chi connectivity index (χ3v) is 5.29. The highest BCUT2D eigenvalue weighted by Gasteiger charge is 2.24. The number of rotatable bonds is 5. The lowest BCUT2D eigenvalue weighted by Crippen LogP contribution is -2.33. The van der Waals surface area contributed by atoms with Crippen LogP contribution in [0.2, 0.25) is 5.02 Å². The Hall–Kier alpha value is -3.64. The molecule has 1 heterocycles. The molecule has 0 spiro atoms. The zero-order valence-corrected chi connectivity index (χ0v) is 17.9. The molecule has 0 aliphatic carbocycles. The maximum atomic E-state index is 12.8. The molecule has 156 valence electrons. The quantitative estimate of drug-likeness (QED) is 0.410. The second-order valence-electron chi connectivity index (χ2n) is 7.17. The minimum atomic E-state index is -0.628. The Labute approximate surface area is 185 Å². The number of nitrogens with zero attached hydrogens (tertiary/aromatic N) is 2. The minimum absolute atomic E-state index is 0.261. The van der Waals surface area contributed by atoms with Crippen LogP contribution in [0.4, 0.5) is 10.5 Å². The Morgan fingerprint density at radius 2 is 1.68 bits per heavy atom. The van der Waals surface area contributed by atoms with Crippen molar-refractivity contribution in [3.05, 3.63) is 100 Å². The molecule has 1 unspecified atom stereocenters. The fourth-order valence-corrected chi connectivity index (χ4v) is 3.36. The number of halogens is 1. The van der Waals surface area contributed by atoms with E-state index in [-0.39, 0.29) is 17.8 Å². The van der Waals surface area contributed by atoms with E-state index in [4.69, 9.17) is 16.0 Å². The van der Waals surface area contributed by atoms with Gasteiger partial charge < -0.3 is 15.1 Å². The van der Waals surface area contributed by atoms with Gasteiger partial charge >= 0.3 is 6.03 Å². The van der Waals surface area contributed by atoms with E-state index < -0.39 is 6.04 Å². The summed E-state index contributed by atoms with van der Waals surface area (Å²) in [5, 5.41) is 14.6. The fraction of sp³-hybridized carbons (Fsp3) is 0.125. The summed E-state index contributed by atoms with van der Waals surface area (Å²) < 4.78 is 5.90. The first-order valence-corrected chi connectivity index (χ1v) is 10.2. The van der Waals surface area contributed by atoms with Crippen molar-refractivity contribution in [1.82, 2.24) is 15.5 Å². The molecule has 0 radical (unpaired) electrons. The second-order valence-corrected chi connectivity index (χ2v) is 7.57. The van der Waals surface area contributed by atoms with Crippen molar-refractivity contribution in [2.45, 2.75) is 19.9 Å². The second kappa shape index (κ2) is 9.02. The fourth-order valence-electron chi connectivity index (χ4n) is 3.15. The van der Waals surface area contributed by atoms with Crippen LogP contribution in [0.15, 0.2) is 77.2 Å². The summed E-state index contributed by atoms with van der Waals surface area (Å²) in [6.07, 6.45) is 0. The van der Waals surface area contributed by atoms with Gasteiger partial charge in [0.25, 0.3) is 0 Å². The molecule has 0 saturated carbocycles. The largest absolute Gasteiger partial charge is 0.418 e. The van der Waals surface area contributed by atoms with Gasteiger partial charge in [-0.1, -0.05) is 60.1 Å². The molecule has 0 saturated heterocycles. The number of hydrogen-bond acceptors (Lipinski definition) is 4. The first kappa shape index (κ1) is 20.6. The number of hydrogen-bond donors (Lipinski definition) is 2. The van der Waals surface area contributed by atoms with E-state index in [9.17, 15) is 4.79 Å². The van der Waals surface area contributed by atoms with Crippen LogP contribution in [0, 0.1) is 13.8 Å². The zero-order valence-electron chi connectivity index (χ0n) is 17.1. The summed E-state index contributed by atoms with van der Waals surface area (Å²) >= 11 is 6.26. The molecule has 0 fully saturated rings. The zero-order chi connectivity index (χ0) is 21.8. The molecule has 4 aromatic rings. The SMILES string of the molecule is Cc1ccc(NC(=O)NC(c2ccccc2)c2nnc(-c3ccccc3Cl)o2)cc1C. The summed E-state index contributed by atoms with van der Waals surface area (Å²) in [6, 6.07) is 21.4. The van der Waals surface area contributed by atoms with E-state index in [0.29, 0.717) is 16.3 Å². The van der Waals surface area contributed by atoms with Crippen LogP contribution >= 0.6 is 11.6 Å². The molecule has 1 aromatic heterocycles. The van der Waals surface area contributed by atoms with Gasteiger partial charge in [0, 0.05) is 5.69 Å². The monoisotopic (exact) mass is 432 g/mol.